The molecule has 1 fully saturated rings. The lowest BCUT2D eigenvalue weighted by atomic mass is 10.1. The third-order valence-electron chi connectivity index (χ3n) is 3.33. The first-order valence-electron chi connectivity index (χ1n) is 6.71. The van der Waals surface area contributed by atoms with Gasteiger partial charge in [0.25, 0.3) is 0 Å². The minimum atomic E-state index is 0.264. The van der Waals surface area contributed by atoms with Gasteiger partial charge in [0.1, 0.15) is 0 Å². The Labute approximate surface area is 111 Å². The van der Waals surface area contributed by atoms with Gasteiger partial charge in [0.2, 0.25) is 0 Å². The van der Waals surface area contributed by atoms with Crippen LogP contribution in [0.5, 0.6) is 0 Å². The zero-order chi connectivity index (χ0) is 13.5. The Balaban J connectivity index is 2.34. The largest absolute Gasteiger partial charge is 0.383 e. The zero-order valence-electron chi connectivity index (χ0n) is 12.4. The molecular formula is C13H28N4O. The molecule has 1 rings (SSSR count). The van der Waals surface area contributed by atoms with E-state index in [0.717, 1.165) is 18.4 Å². The molecule has 2 N–H and O–H groups in total. The summed E-state index contributed by atoms with van der Waals surface area (Å²) in [7, 11) is 7.81. The standard InChI is InChI=1S/C13H28N4O/c1-10(9-18-5)16-13(14-2)15-8-12(17(3)4)11-6-7-11/h10-12H,6-9H2,1-5H3,(H2,14,15,16). The number of methoxy groups -OCH3 is 1. The van der Waals surface area contributed by atoms with Gasteiger partial charge in [-0.3, -0.25) is 4.99 Å². The van der Waals surface area contributed by atoms with Crippen molar-refractivity contribution in [1.29, 1.82) is 0 Å². The fraction of sp³-hybridized carbons (Fsp3) is 0.923. The first-order valence-corrected chi connectivity index (χ1v) is 6.71. The van der Waals surface area contributed by atoms with Crippen LogP contribution in [0.4, 0.5) is 0 Å². The van der Waals surface area contributed by atoms with Crippen molar-refractivity contribution in [2.45, 2.75) is 31.8 Å². The number of hydrogen-bond donors (Lipinski definition) is 2. The van der Waals surface area contributed by atoms with E-state index in [4.69, 9.17) is 4.74 Å². The van der Waals surface area contributed by atoms with E-state index in [1.165, 1.54) is 12.8 Å². The Morgan fingerprint density at radius 1 is 1.44 bits per heavy atom. The first-order chi connectivity index (χ1) is 8.58. The van der Waals surface area contributed by atoms with E-state index >= 15 is 0 Å². The highest BCUT2D eigenvalue weighted by atomic mass is 16.5. The van der Waals surface area contributed by atoms with Gasteiger partial charge in [0, 0.05) is 32.8 Å². The van der Waals surface area contributed by atoms with Gasteiger partial charge in [0.15, 0.2) is 5.96 Å². The molecule has 0 heterocycles. The van der Waals surface area contributed by atoms with Gasteiger partial charge in [-0.25, -0.2) is 0 Å². The highest BCUT2D eigenvalue weighted by molar-refractivity contribution is 5.79. The molecule has 5 heteroatoms. The SMILES string of the molecule is CN=C(NCC(C1CC1)N(C)C)NC(C)COC. The van der Waals surface area contributed by atoms with E-state index in [1.54, 1.807) is 14.2 Å². The highest BCUT2D eigenvalue weighted by Crippen LogP contribution is 2.34. The Bertz CT molecular complexity index is 262. The van der Waals surface area contributed by atoms with Crippen LogP contribution >= 0.6 is 0 Å². The van der Waals surface area contributed by atoms with Crippen molar-refractivity contribution in [3.63, 3.8) is 0 Å². The summed E-state index contributed by atoms with van der Waals surface area (Å²) >= 11 is 0. The van der Waals surface area contributed by atoms with Crippen molar-refractivity contribution in [2.75, 3.05) is 41.4 Å². The third kappa shape index (κ3) is 5.23. The number of rotatable bonds is 7. The van der Waals surface area contributed by atoms with Gasteiger partial charge in [-0.2, -0.15) is 0 Å². The van der Waals surface area contributed by atoms with Gasteiger partial charge in [0.05, 0.1) is 6.61 Å². The summed E-state index contributed by atoms with van der Waals surface area (Å²) in [6.45, 7) is 3.71. The Morgan fingerprint density at radius 2 is 2.11 bits per heavy atom. The molecule has 106 valence electrons. The summed E-state index contributed by atoms with van der Waals surface area (Å²) in [5, 5.41) is 6.72. The van der Waals surface area contributed by atoms with E-state index in [-0.39, 0.29) is 6.04 Å². The Kier molecular flexibility index (Phi) is 6.43. The molecule has 1 aliphatic rings. The quantitative estimate of drug-likeness (QED) is 0.515. The van der Waals surface area contributed by atoms with Crippen LogP contribution in [-0.2, 0) is 4.74 Å². The second-order valence-corrected chi connectivity index (χ2v) is 5.32. The minimum absolute atomic E-state index is 0.264. The topological polar surface area (TPSA) is 48.9 Å². The smallest absolute Gasteiger partial charge is 0.191 e. The van der Waals surface area contributed by atoms with Crippen molar-refractivity contribution in [1.82, 2.24) is 15.5 Å². The number of likely N-dealkylation sites (N-methyl/N-ethyl adjacent to an activating group) is 1. The first kappa shape index (κ1) is 15.2. The molecule has 1 saturated carbocycles. The molecule has 0 amide bonds. The lowest BCUT2D eigenvalue weighted by molar-refractivity contribution is 0.178. The molecule has 5 nitrogen and oxygen atoms in total. The van der Waals surface area contributed by atoms with Crippen LogP contribution < -0.4 is 10.6 Å². The average molecular weight is 256 g/mol. The predicted octanol–water partition coefficient (Wildman–Crippen LogP) is 0.527. The van der Waals surface area contributed by atoms with Crippen LogP contribution in [0.1, 0.15) is 19.8 Å². The van der Waals surface area contributed by atoms with Crippen molar-refractivity contribution in [3.8, 4) is 0 Å². The molecule has 1 aliphatic carbocycles. The molecular weight excluding hydrogens is 228 g/mol. The summed E-state index contributed by atoms with van der Waals surface area (Å²) in [5.41, 5.74) is 0. The van der Waals surface area contributed by atoms with E-state index in [1.807, 2.05) is 0 Å². The predicted molar refractivity (Wildman–Crippen MR) is 76.0 cm³/mol. The molecule has 0 saturated heterocycles. The van der Waals surface area contributed by atoms with Crippen LogP contribution in [0, 0.1) is 5.92 Å². The summed E-state index contributed by atoms with van der Waals surface area (Å²) in [6, 6.07) is 0.862. The second kappa shape index (κ2) is 7.59. The van der Waals surface area contributed by atoms with Crippen LogP contribution in [0.3, 0.4) is 0 Å². The van der Waals surface area contributed by atoms with E-state index < -0.39 is 0 Å². The Morgan fingerprint density at radius 3 is 2.56 bits per heavy atom. The zero-order valence-corrected chi connectivity index (χ0v) is 12.4. The highest BCUT2D eigenvalue weighted by Gasteiger charge is 2.32. The number of hydrogen-bond acceptors (Lipinski definition) is 3. The molecule has 2 unspecified atom stereocenters. The monoisotopic (exact) mass is 256 g/mol. The Hall–Kier alpha value is -0.810. The third-order valence-corrected chi connectivity index (χ3v) is 3.33. The van der Waals surface area contributed by atoms with Gasteiger partial charge >= 0.3 is 0 Å². The fourth-order valence-corrected chi connectivity index (χ4v) is 2.17. The molecule has 0 aromatic carbocycles. The average Bonchev–Trinajstić information content (AvgIpc) is 3.12. The van der Waals surface area contributed by atoms with Crippen LogP contribution in [-0.4, -0.2) is 64.3 Å². The van der Waals surface area contributed by atoms with Crippen molar-refractivity contribution in [2.24, 2.45) is 10.9 Å². The maximum absolute atomic E-state index is 5.11. The fourth-order valence-electron chi connectivity index (χ4n) is 2.17. The lowest BCUT2D eigenvalue weighted by Crippen LogP contribution is -2.48. The molecule has 0 aromatic heterocycles. The number of guanidine groups is 1. The van der Waals surface area contributed by atoms with Crippen molar-refractivity contribution < 1.29 is 4.74 Å². The molecule has 2 atom stereocenters. The maximum Gasteiger partial charge on any atom is 0.191 e. The van der Waals surface area contributed by atoms with Gasteiger partial charge in [-0.1, -0.05) is 0 Å². The molecule has 0 radical (unpaired) electrons. The molecule has 0 spiro atoms. The van der Waals surface area contributed by atoms with Crippen molar-refractivity contribution >= 4 is 5.96 Å². The summed E-state index contributed by atoms with van der Waals surface area (Å²) < 4.78 is 5.11. The normalized spacial score (nSPS) is 19.8. The van der Waals surface area contributed by atoms with E-state index in [2.05, 4.69) is 41.5 Å². The number of aliphatic imine (C=N–C) groups is 1. The van der Waals surface area contributed by atoms with Crippen molar-refractivity contribution in [3.05, 3.63) is 0 Å². The molecule has 18 heavy (non-hydrogen) atoms. The summed E-state index contributed by atoms with van der Waals surface area (Å²) in [4.78, 5) is 6.54. The van der Waals surface area contributed by atoms with Gasteiger partial charge in [-0.15, -0.1) is 0 Å². The van der Waals surface area contributed by atoms with Crippen LogP contribution in [0.2, 0.25) is 0 Å². The number of ether oxygens (including phenoxy) is 1. The number of nitrogens with one attached hydrogen (secondary N) is 2. The van der Waals surface area contributed by atoms with Crippen LogP contribution in [0.15, 0.2) is 4.99 Å². The van der Waals surface area contributed by atoms with E-state index in [0.29, 0.717) is 12.6 Å². The maximum atomic E-state index is 5.11. The number of nitrogens with zero attached hydrogens (tertiary/aromatic N) is 2. The minimum Gasteiger partial charge on any atom is -0.383 e. The van der Waals surface area contributed by atoms with Gasteiger partial charge in [-0.05, 0) is 39.8 Å². The molecule has 0 aromatic rings. The lowest BCUT2D eigenvalue weighted by Gasteiger charge is -2.26. The summed E-state index contributed by atoms with van der Waals surface area (Å²) in [5.74, 6) is 1.70. The van der Waals surface area contributed by atoms with Crippen LogP contribution in [0.25, 0.3) is 0 Å². The summed E-state index contributed by atoms with van der Waals surface area (Å²) in [6.07, 6.45) is 2.72. The molecule has 0 aliphatic heterocycles. The molecule has 0 bridgehead atoms. The second-order valence-electron chi connectivity index (χ2n) is 5.32. The van der Waals surface area contributed by atoms with E-state index in [9.17, 15) is 0 Å². The van der Waals surface area contributed by atoms with Gasteiger partial charge < -0.3 is 20.3 Å².